The Bertz CT molecular complexity index is 413. The smallest absolute Gasteiger partial charge is 0.225 e. The molecule has 0 aliphatic rings. The lowest BCUT2D eigenvalue weighted by molar-refractivity contribution is -0.136. The van der Waals surface area contributed by atoms with E-state index in [0.29, 0.717) is 19.5 Å². The van der Waals surface area contributed by atoms with Crippen molar-refractivity contribution in [1.82, 2.24) is 4.90 Å². The number of hydrogen-bond donors (Lipinski definition) is 1. The standard InChI is InChI=1S/C15H24N2O2/c1-5-17(14(18)10-15(2,3)19-4)11-12-6-8-13(16)9-7-12/h6-9H,5,10-11,16H2,1-4H3. The van der Waals surface area contributed by atoms with Crippen LogP contribution in [-0.4, -0.2) is 30.1 Å². The van der Waals surface area contributed by atoms with Gasteiger partial charge in [-0.2, -0.15) is 0 Å². The number of carbonyl (C=O) groups is 1. The van der Waals surface area contributed by atoms with Gasteiger partial charge in [-0.3, -0.25) is 4.79 Å². The molecule has 0 radical (unpaired) electrons. The van der Waals surface area contributed by atoms with E-state index < -0.39 is 5.60 Å². The van der Waals surface area contributed by atoms with E-state index in [9.17, 15) is 4.79 Å². The van der Waals surface area contributed by atoms with Crippen molar-refractivity contribution in [3.63, 3.8) is 0 Å². The highest BCUT2D eigenvalue weighted by atomic mass is 16.5. The fourth-order valence-electron chi connectivity index (χ4n) is 1.77. The summed E-state index contributed by atoms with van der Waals surface area (Å²) < 4.78 is 5.30. The summed E-state index contributed by atoms with van der Waals surface area (Å²) in [6, 6.07) is 7.61. The van der Waals surface area contributed by atoms with Gasteiger partial charge in [-0.15, -0.1) is 0 Å². The number of carbonyl (C=O) groups excluding carboxylic acids is 1. The van der Waals surface area contributed by atoms with Gasteiger partial charge in [0.1, 0.15) is 0 Å². The summed E-state index contributed by atoms with van der Waals surface area (Å²) in [5.41, 5.74) is 7.05. The molecular weight excluding hydrogens is 240 g/mol. The van der Waals surface area contributed by atoms with Crippen LogP contribution in [-0.2, 0) is 16.1 Å². The maximum absolute atomic E-state index is 12.2. The van der Waals surface area contributed by atoms with Gasteiger partial charge in [0.2, 0.25) is 5.91 Å². The fourth-order valence-corrected chi connectivity index (χ4v) is 1.77. The Labute approximate surface area is 115 Å². The topological polar surface area (TPSA) is 55.6 Å². The summed E-state index contributed by atoms with van der Waals surface area (Å²) in [7, 11) is 1.63. The maximum Gasteiger partial charge on any atom is 0.225 e. The van der Waals surface area contributed by atoms with Crippen LogP contribution in [0.1, 0.15) is 32.8 Å². The van der Waals surface area contributed by atoms with Crippen LogP contribution >= 0.6 is 0 Å². The first-order valence-electron chi connectivity index (χ1n) is 6.55. The zero-order valence-electron chi connectivity index (χ0n) is 12.3. The molecule has 1 rings (SSSR count). The molecule has 106 valence electrons. The number of rotatable bonds is 6. The lowest BCUT2D eigenvalue weighted by Gasteiger charge is -2.27. The van der Waals surface area contributed by atoms with Crippen molar-refractivity contribution in [1.29, 1.82) is 0 Å². The Kier molecular flexibility index (Phi) is 5.36. The van der Waals surface area contributed by atoms with Gasteiger partial charge in [-0.1, -0.05) is 12.1 Å². The summed E-state index contributed by atoms with van der Waals surface area (Å²) in [5.74, 6) is 0.103. The van der Waals surface area contributed by atoms with Crippen LogP contribution in [0.4, 0.5) is 5.69 Å². The average Bonchev–Trinajstić information content (AvgIpc) is 2.37. The normalized spacial score (nSPS) is 11.4. The SMILES string of the molecule is CCN(Cc1ccc(N)cc1)C(=O)CC(C)(C)OC. The molecule has 0 atom stereocenters. The third-order valence-electron chi connectivity index (χ3n) is 3.22. The second-order valence-corrected chi connectivity index (χ2v) is 5.29. The van der Waals surface area contributed by atoms with Crippen LogP contribution in [0.15, 0.2) is 24.3 Å². The van der Waals surface area contributed by atoms with Crippen molar-refractivity contribution in [3.8, 4) is 0 Å². The molecule has 0 saturated heterocycles. The van der Waals surface area contributed by atoms with Crippen LogP contribution in [0.3, 0.4) is 0 Å². The Balaban J connectivity index is 2.67. The number of benzene rings is 1. The van der Waals surface area contributed by atoms with Gasteiger partial charge in [-0.25, -0.2) is 0 Å². The Morgan fingerprint density at radius 2 is 1.89 bits per heavy atom. The van der Waals surface area contributed by atoms with Crippen molar-refractivity contribution >= 4 is 11.6 Å². The molecule has 0 unspecified atom stereocenters. The van der Waals surface area contributed by atoms with Gasteiger partial charge < -0.3 is 15.4 Å². The first-order valence-corrected chi connectivity index (χ1v) is 6.55. The average molecular weight is 264 g/mol. The van der Waals surface area contributed by atoms with Gasteiger partial charge in [0.05, 0.1) is 12.0 Å². The zero-order chi connectivity index (χ0) is 14.5. The maximum atomic E-state index is 12.2. The Morgan fingerprint density at radius 3 is 2.37 bits per heavy atom. The van der Waals surface area contributed by atoms with Crippen LogP contribution in [0.2, 0.25) is 0 Å². The molecule has 0 fully saturated rings. The Hall–Kier alpha value is -1.55. The first-order chi connectivity index (χ1) is 8.88. The molecule has 1 aromatic carbocycles. The predicted octanol–water partition coefficient (Wildman–Crippen LogP) is 2.43. The van der Waals surface area contributed by atoms with Crippen LogP contribution in [0, 0.1) is 0 Å². The second-order valence-electron chi connectivity index (χ2n) is 5.29. The highest BCUT2D eigenvalue weighted by Gasteiger charge is 2.24. The van der Waals surface area contributed by atoms with Crippen LogP contribution in [0.25, 0.3) is 0 Å². The number of nitrogen functional groups attached to an aromatic ring is 1. The molecule has 0 saturated carbocycles. The number of nitrogens with two attached hydrogens (primary N) is 1. The predicted molar refractivity (Wildman–Crippen MR) is 77.7 cm³/mol. The summed E-state index contributed by atoms with van der Waals surface area (Å²) >= 11 is 0. The van der Waals surface area contributed by atoms with Crippen molar-refractivity contribution < 1.29 is 9.53 Å². The molecule has 19 heavy (non-hydrogen) atoms. The lowest BCUT2D eigenvalue weighted by Crippen LogP contribution is -2.36. The minimum absolute atomic E-state index is 0.103. The third kappa shape index (κ3) is 4.91. The lowest BCUT2D eigenvalue weighted by atomic mass is 10.0. The number of methoxy groups -OCH3 is 1. The molecule has 0 bridgehead atoms. The zero-order valence-corrected chi connectivity index (χ0v) is 12.3. The van der Waals surface area contributed by atoms with Crippen LogP contribution < -0.4 is 5.73 Å². The van der Waals surface area contributed by atoms with Gasteiger partial charge >= 0.3 is 0 Å². The highest BCUT2D eigenvalue weighted by Crippen LogP contribution is 2.16. The van der Waals surface area contributed by atoms with E-state index >= 15 is 0 Å². The van der Waals surface area contributed by atoms with E-state index in [-0.39, 0.29) is 5.91 Å². The second kappa shape index (κ2) is 6.57. The van der Waals surface area contributed by atoms with Gasteiger partial charge in [0, 0.05) is 25.9 Å². The van der Waals surface area contributed by atoms with E-state index in [1.54, 1.807) is 7.11 Å². The number of nitrogens with zero attached hydrogens (tertiary/aromatic N) is 1. The number of hydrogen-bond acceptors (Lipinski definition) is 3. The van der Waals surface area contributed by atoms with Crippen molar-refractivity contribution in [2.45, 2.75) is 39.3 Å². The molecule has 0 aliphatic carbocycles. The molecule has 0 heterocycles. The largest absolute Gasteiger partial charge is 0.399 e. The minimum atomic E-state index is -0.425. The third-order valence-corrected chi connectivity index (χ3v) is 3.22. The number of ether oxygens (including phenoxy) is 1. The molecule has 0 aromatic heterocycles. The van der Waals surface area contributed by atoms with Crippen molar-refractivity contribution in [3.05, 3.63) is 29.8 Å². The van der Waals surface area contributed by atoms with Crippen molar-refractivity contribution in [2.24, 2.45) is 0 Å². The summed E-state index contributed by atoms with van der Waals surface area (Å²) in [6.07, 6.45) is 0.381. The van der Waals surface area contributed by atoms with E-state index in [2.05, 4.69) is 0 Å². The highest BCUT2D eigenvalue weighted by molar-refractivity contribution is 5.77. The molecule has 4 nitrogen and oxygen atoms in total. The van der Waals surface area contributed by atoms with Crippen LogP contribution in [0.5, 0.6) is 0 Å². The molecule has 0 aliphatic heterocycles. The first kappa shape index (κ1) is 15.5. The van der Waals surface area contributed by atoms with E-state index in [0.717, 1.165) is 11.3 Å². The molecule has 4 heteroatoms. The Morgan fingerprint density at radius 1 is 1.32 bits per heavy atom. The van der Waals surface area contributed by atoms with E-state index in [4.69, 9.17) is 10.5 Å². The summed E-state index contributed by atoms with van der Waals surface area (Å²) in [4.78, 5) is 14.1. The number of amides is 1. The van der Waals surface area contributed by atoms with E-state index in [1.807, 2.05) is 49.9 Å². The molecule has 1 amide bonds. The summed E-state index contributed by atoms with van der Waals surface area (Å²) in [6.45, 7) is 7.11. The van der Waals surface area contributed by atoms with Gasteiger partial charge in [-0.05, 0) is 38.5 Å². The molecule has 1 aromatic rings. The quantitative estimate of drug-likeness (QED) is 0.803. The molecular formula is C15H24N2O2. The molecule has 0 spiro atoms. The summed E-state index contributed by atoms with van der Waals surface area (Å²) in [5, 5.41) is 0. The monoisotopic (exact) mass is 264 g/mol. The number of anilines is 1. The van der Waals surface area contributed by atoms with Gasteiger partial charge in [0.25, 0.3) is 0 Å². The fraction of sp³-hybridized carbons (Fsp3) is 0.533. The van der Waals surface area contributed by atoms with Gasteiger partial charge in [0.15, 0.2) is 0 Å². The van der Waals surface area contributed by atoms with E-state index in [1.165, 1.54) is 0 Å². The molecule has 2 N–H and O–H groups in total. The minimum Gasteiger partial charge on any atom is -0.399 e. The van der Waals surface area contributed by atoms with Crippen molar-refractivity contribution in [2.75, 3.05) is 19.4 Å².